The Morgan fingerprint density at radius 1 is 1.12 bits per heavy atom. The van der Waals surface area contributed by atoms with E-state index >= 15 is 0 Å². The van der Waals surface area contributed by atoms with Gasteiger partial charge in [0, 0.05) is 37.8 Å². The van der Waals surface area contributed by atoms with Crippen molar-refractivity contribution in [3.63, 3.8) is 0 Å². The van der Waals surface area contributed by atoms with Crippen molar-refractivity contribution in [2.75, 3.05) is 20.3 Å². The number of aryl methyl sites for hydroxylation is 1. The van der Waals surface area contributed by atoms with Crippen LogP contribution in [0.4, 0.5) is 13.2 Å². The first-order valence-electron chi connectivity index (χ1n) is 11.1. The van der Waals surface area contributed by atoms with Crippen molar-refractivity contribution in [1.82, 2.24) is 19.8 Å². The number of hydrogen-bond donors (Lipinski definition) is 1. The Kier molecular flexibility index (Phi) is 6.95. The number of nitrogens with one attached hydrogen (secondary N) is 1. The average Bonchev–Trinajstić information content (AvgIpc) is 3.29. The molecule has 1 N–H and O–H groups in total. The van der Waals surface area contributed by atoms with Crippen LogP contribution in [-0.2, 0) is 10.9 Å². The van der Waals surface area contributed by atoms with Gasteiger partial charge in [-0.15, -0.1) is 0 Å². The summed E-state index contributed by atoms with van der Waals surface area (Å²) >= 11 is 5.68. The number of methoxy groups -OCH3 is 1. The van der Waals surface area contributed by atoms with Crippen LogP contribution < -0.4 is 5.32 Å². The molecule has 1 aliphatic rings. The van der Waals surface area contributed by atoms with E-state index in [9.17, 15) is 13.2 Å². The molecule has 34 heavy (non-hydrogen) atoms. The minimum Gasteiger partial charge on any atom is -0.385 e. The van der Waals surface area contributed by atoms with Gasteiger partial charge in [0.25, 0.3) is 0 Å². The van der Waals surface area contributed by atoms with Crippen LogP contribution in [0.15, 0.2) is 54.7 Å². The van der Waals surface area contributed by atoms with Crippen molar-refractivity contribution >= 4 is 17.3 Å². The second kappa shape index (κ2) is 9.76. The Balaban J connectivity index is 1.83. The molecule has 0 spiro atoms. The minimum atomic E-state index is -4.46. The number of halogens is 3. The standard InChI is InChI=1S/C25H27F3N4OS/c1-16-15-18(17(2)32(16)21-11-5-4-9-19(21)25(26,27)28)23-22(20-10-6-7-12-29-20)30-24(34)31(23)13-8-14-33-3/h4-7,9-12,15,22-23H,8,13-14H2,1-3H3,(H,30,34)/t22-,23+/m1/s1. The summed E-state index contributed by atoms with van der Waals surface area (Å²) in [6.07, 6.45) is -1.97. The van der Waals surface area contributed by atoms with Crippen molar-refractivity contribution < 1.29 is 17.9 Å². The molecule has 0 radical (unpaired) electrons. The number of nitrogens with zero attached hydrogens (tertiary/aromatic N) is 3. The summed E-state index contributed by atoms with van der Waals surface area (Å²) in [4.78, 5) is 6.63. The normalized spacial score (nSPS) is 18.4. The third-order valence-corrected chi connectivity index (χ3v) is 6.54. The third-order valence-electron chi connectivity index (χ3n) is 6.18. The molecular formula is C25H27F3N4OS. The first-order chi connectivity index (χ1) is 16.2. The van der Waals surface area contributed by atoms with E-state index in [2.05, 4.69) is 15.2 Å². The van der Waals surface area contributed by atoms with E-state index in [-0.39, 0.29) is 17.8 Å². The smallest absolute Gasteiger partial charge is 0.385 e. The maximum absolute atomic E-state index is 13.8. The number of hydrogen-bond acceptors (Lipinski definition) is 3. The van der Waals surface area contributed by atoms with E-state index in [1.54, 1.807) is 23.9 Å². The van der Waals surface area contributed by atoms with Gasteiger partial charge in [-0.1, -0.05) is 18.2 Å². The molecular weight excluding hydrogens is 461 g/mol. The second-order valence-electron chi connectivity index (χ2n) is 8.34. The molecule has 9 heteroatoms. The van der Waals surface area contributed by atoms with Crippen LogP contribution in [0, 0.1) is 13.8 Å². The number of ether oxygens (including phenoxy) is 1. The van der Waals surface area contributed by atoms with Gasteiger partial charge in [-0.05, 0) is 68.4 Å². The predicted molar refractivity (Wildman–Crippen MR) is 129 cm³/mol. The van der Waals surface area contributed by atoms with E-state index in [0.717, 1.165) is 35.1 Å². The maximum Gasteiger partial charge on any atom is 0.418 e. The minimum absolute atomic E-state index is 0.116. The van der Waals surface area contributed by atoms with E-state index in [0.29, 0.717) is 18.3 Å². The first kappa shape index (κ1) is 24.2. The lowest BCUT2D eigenvalue weighted by Gasteiger charge is -2.28. The van der Waals surface area contributed by atoms with Gasteiger partial charge in [-0.2, -0.15) is 13.2 Å². The lowest BCUT2D eigenvalue weighted by atomic mass is 9.96. The van der Waals surface area contributed by atoms with Gasteiger partial charge in [0.1, 0.15) is 0 Å². The van der Waals surface area contributed by atoms with Crippen LogP contribution in [0.2, 0.25) is 0 Å². The molecule has 3 heterocycles. The quantitative estimate of drug-likeness (QED) is 0.351. The van der Waals surface area contributed by atoms with E-state index in [1.165, 1.54) is 12.1 Å². The number of thiocarbonyl (C=S) groups is 1. The molecule has 0 amide bonds. The van der Waals surface area contributed by atoms with Crippen LogP contribution in [0.1, 0.15) is 46.7 Å². The summed E-state index contributed by atoms with van der Waals surface area (Å²) in [7, 11) is 1.65. The van der Waals surface area contributed by atoms with Gasteiger partial charge >= 0.3 is 6.18 Å². The van der Waals surface area contributed by atoms with Crippen molar-refractivity contribution in [3.05, 3.63) is 82.9 Å². The molecule has 0 aliphatic carbocycles. The summed E-state index contributed by atoms with van der Waals surface area (Å²) in [5.74, 6) is 0. The highest BCUT2D eigenvalue weighted by molar-refractivity contribution is 7.80. The van der Waals surface area contributed by atoms with Gasteiger partial charge < -0.3 is 19.5 Å². The number of para-hydroxylation sites is 1. The fourth-order valence-corrected chi connectivity index (χ4v) is 5.06. The molecule has 0 unspecified atom stereocenters. The lowest BCUT2D eigenvalue weighted by molar-refractivity contribution is -0.137. The largest absolute Gasteiger partial charge is 0.418 e. The van der Waals surface area contributed by atoms with Gasteiger partial charge in [-0.3, -0.25) is 4.98 Å². The summed E-state index contributed by atoms with van der Waals surface area (Å²) in [5, 5.41) is 3.99. The SMILES string of the molecule is COCCCN1C(=S)N[C@H](c2ccccn2)[C@@H]1c1cc(C)n(-c2ccccc2C(F)(F)F)c1C. The lowest BCUT2D eigenvalue weighted by Crippen LogP contribution is -2.31. The summed E-state index contributed by atoms with van der Waals surface area (Å²) in [5.41, 5.74) is 2.65. The maximum atomic E-state index is 13.8. The number of benzene rings is 1. The van der Waals surface area contributed by atoms with Gasteiger partial charge in [0.05, 0.1) is 29.0 Å². The molecule has 0 saturated carbocycles. The zero-order valence-electron chi connectivity index (χ0n) is 19.3. The molecule has 1 fully saturated rings. The van der Waals surface area contributed by atoms with Crippen molar-refractivity contribution in [2.45, 2.75) is 38.5 Å². The number of alkyl halides is 3. The molecule has 3 aromatic rings. The molecule has 1 aliphatic heterocycles. The van der Waals surface area contributed by atoms with Crippen LogP contribution in [0.3, 0.4) is 0 Å². The predicted octanol–water partition coefficient (Wildman–Crippen LogP) is 5.52. The van der Waals surface area contributed by atoms with Crippen molar-refractivity contribution in [2.24, 2.45) is 0 Å². The molecule has 1 aromatic carbocycles. The van der Waals surface area contributed by atoms with Gasteiger partial charge in [-0.25, -0.2) is 0 Å². The highest BCUT2D eigenvalue weighted by Crippen LogP contribution is 2.42. The fourth-order valence-electron chi connectivity index (χ4n) is 4.73. The summed E-state index contributed by atoms with van der Waals surface area (Å²) in [6.45, 7) is 4.92. The molecule has 180 valence electrons. The second-order valence-corrected chi connectivity index (χ2v) is 8.73. The van der Waals surface area contributed by atoms with Crippen LogP contribution in [0.5, 0.6) is 0 Å². The Hall–Kier alpha value is -2.91. The number of pyridine rings is 1. The van der Waals surface area contributed by atoms with Crippen LogP contribution in [-0.4, -0.2) is 39.8 Å². The average molecular weight is 489 g/mol. The molecule has 0 bridgehead atoms. The Morgan fingerprint density at radius 3 is 2.53 bits per heavy atom. The van der Waals surface area contributed by atoms with Crippen molar-refractivity contribution in [3.8, 4) is 5.69 Å². The molecule has 2 aromatic heterocycles. The number of aromatic nitrogens is 2. The molecule has 5 nitrogen and oxygen atoms in total. The Morgan fingerprint density at radius 2 is 1.85 bits per heavy atom. The zero-order valence-corrected chi connectivity index (χ0v) is 20.1. The topological polar surface area (TPSA) is 42.3 Å². The monoisotopic (exact) mass is 488 g/mol. The molecule has 4 rings (SSSR count). The number of rotatable bonds is 7. The molecule has 1 saturated heterocycles. The van der Waals surface area contributed by atoms with E-state index in [4.69, 9.17) is 17.0 Å². The summed E-state index contributed by atoms with van der Waals surface area (Å²) < 4.78 is 48.3. The molecule has 2 atom stereocenters. The third kappa shape index (κ3) is 4.54. The summed E-state index contributed by atoms with van der Waals surface area (Å²) in [6, 6.07) is 12.9. The van der Waals surface area contributed by atoms with Gasteiger partial charge in [0.2, 0.25) is 0 Å². The van der Waals surface area contributed by atoms with Gasteiger partial charge in [0.15, 0.2) is 5.11 Å². The van der Waals surface area contributed by atoms with E-state index in [1.807, 2.05) is 38.1 Å². The van der Waals surface area contributed by atoms with Crippen LogP contribution in [0.25, 0.3) is 5.69 Å². The Bertz CT molecular complexity index is 1160. The highest BCUT2D eigenvalue weighted by atomic mass is 32.1. The fraction of sp³-hybridized carbons (Fsp3) is 0.360. The van der Waals surface area contributed by atoms with Crippen molar-refractivity contribution in [1.29, 1.82) is 0 Å². The Labute approximate surface area is 202 Å². The zero-order chi connectivity index (χ0) is 24.5. The van der Waals surface area contributed by atoms with Crippen LogP contribution >= 0.6 is 12.2 Å². The van der Waals surface area contributed by atoms with E-state index < -0.39 is 11.7 Å². The first-order valence-corrected chi connectivity index (χ1v) is 11.5. The highest BCUT2D eigenvalue weighted by Gasteiger charge is 2.41.